The Morgan fingerprint density at radius 3 is 2.49 bits per heavy atom. The van der Waals surface area contributed by atoms with E-state index in [-0.39, 0.29) is 12.0 Å². The van der Waals surface area contributed by atoms with Gasteiger partial charge in [-0.2, -0.15) is 10.4 Å². The summed E-state index contributed by atoms with van der Waals surface area (Å²) in [6.07, 6.45) is 1.18. The Morgan fingerprint density at radius 1 is 1.06 bits per heavy atom. The van der Waals surface area contributed by atoms with Crippen LogP contribution < -0.4 is 5.14 Å². The van der Waals surface area contributed by atoms with E-state index in [2.05, 4.69) is 53.8 Å². The third-order valence-corrected chi connectivity index (χ3v) is 7.67. The van der Waals surface area contributed by atoms with Gasteiger partial charge >= 0.3 is 0 Å². The fraction of sp³-hybridized carbons (Fsp3) is 0.321. The first-order valence-corrected chi connectivity index (χ1v) is 13.0. The lowest BCUT2D eigenvalue weighted by atomic mass is 9.83. The minimum atomic E-state index is -1.50. The van der Waals surface area contributed by atoms with Crippen LogP contribution in [-0.4, -0.2) is 23.7 Å². The normalized spacial score (nSPS) is 13.6. The lowest BCUT2D eigenvalue weighted by Crippen LogP contribution is -2.34. The molecule has 0 aliphatic rings. The van der Waals surface area contributed by atoms with Crippen LogP contribution >= 0.6 is 0 Å². The first kappa shape index (κ1) is 24.8. The summed E-state index contributed by atoms with van der Waals surface area (Å²) in [5.74, 6) is -0.0295. The highest BCUT2D eigenvalue weighted by Crippen LogP contribution is 2.39. The second-order valence-corrected chi connectivity index (χ2v) is 11.5. The molecule has 0 saturated heterocycles. The van der Waals surface area contributed by atoms with Crippen LogP contribution in [0.2, 0.25) is 0 Å². The summed E-state index contributed by atoms with van der Waals surface area (Å²) >= 11 is 0. The maximum Gasteiger partial charge on any atom is 0.140 e. The van der Waals surface area contributed by atoms with Crippen LogP contribution in [0, 0.1) is 11.3 Å². The summed E-state index contributed by atoms with van der Waals surface area (Å²) in [6.45, 7) is 8.12. The number of hydrogen-bond acceptors (Lipinski definition) is 4. The third kappa shape index (κ3) is 5.19. The molecule has 7 heteroatoms. The van der Waals surface area contributed by atoms with Crippen molar-refractivity contribution in [1.29, 1.82) is 5.26 Å². The molecule has 2 heterocycles. The number of rotatable bonds is 8. The average molecular weight is 486 g/mol. The topological polar surface area (TPSA) is 97.6 Å². The van der Waals surface area contributed by atoms with Crippen molar-refractivity contribution in [1.82, 2.24) is 14.8 Å². The first-order valence-electron chi connectivity index (χ1n) is 11.8. The molecule has 4 rings (SSSR count). The van der Waals surface area contributed by atoms with Gasteiger partial charge < -0.3 is 0 Å². The predicted octanol–water partition coefficient (Wildman–Crippen LogP) is 5.67. The summed E-state index contributed by atoms with van der Waals surface area (Å²) in [7, 11) is -1.50. The van der Waals surface area contributed by atoms with Crippen LogP contribution in [-0.2, 0) is 17.4 Å². The van der Waals surface area contributed by atoms with Gasteiger partial charge in [0, 0.05) is 22.7 Å². The molecular weight excluding hydrogens is 454 g/mol. The zero-order chi connectivity index (χ0) is 25.2. The molecule has 0 fully saturated rings. The number of benzene rings is 2. The van der Waals surface area contributed by atoms with Crippen LogP contribution in [0.1, 0.15) is 63.0 Å². The van der Waals surface area contributed by atoms with Crippen LogP contribution in [0.4, 0.5) is 0 Å². The predicted molar refractivity (Wildman–Crippen MR) is 142 cm³/mol. The molecular formula is C28H31N5OS. The molecule has 180 valence electrons. The Morgan fingerprint density at radius 2 is 1.77 bits per heavy atom. The van der Waals surface area contributed by atoms with E-state index < -0.39 is 15.7 Å². The van der Waals surface area contributed by atoms with Crippen molar-refractivity contribution in [2.45, 2.75) is 57.2 Å². The Kier molecular flexibility index (Phi) is 7.15. The molecule has 0 aliphatic heterocycles. The average Bonchev–Trinajstić information content (AvgIpc) is 3.23. The molecule has 4 aromatic rings. The van der Waals surface area contributed by atoms with Crippen molar-refractivity contribution in [2.24, 2.45) is 5.14 Å². The fourth-order valence-electron chi connectivity index (χ4n) is 4.63. The lowest BCUT2D eigenvalue weighted by molar-refractivity contribution is 0.512. The highest BCUT2D eigenvalue weighted by Gasteiger charge is 2.31. The van der Waals surface area contributed by atoms with Gasteiger partial charge in [-0.05, 0) is 70.2 Å². The minimum Gasteiger partial charge on any atom is -0.262 e. The van der Waals surface area contributed by atoms with E-state index in [1.807, 2.05) is 50.2 Å². The Bertz CT molecular complexity index is 1420. The van der Waals surface area contributed by atoms with Crippen molar-refractivity contribution in [3.63, 3.8) is 0 Å². The van der Waals surface area contributed by atoms with Gasteiger partial charge in [-0.15, -0.1) is 0 Å². The molecule has 35 heavy (non-hydrogen) atoms. The molecule has 0 radical (unpaired) electrons. The summed E-state index contributed by atoms with van der Waals surface area (Å²) in [5, 5.41) is 21.4. The number of fused-ring (bicyclic) bond motifs is 1. The lowest BCUT2D eigenvalue weighted by Gasteiger charge is -2.29. The van der Waals surface area contributed by atoms with E-state index in [1.165, 1.54) is 0 Å². The van der Waals surface area contributed by atoms with Crippen molar-refractivity contribution in [3.05, 3.63) is 83.7 Å². The van der Waals surface area contributed by atoms with Crippen LogP contribution in [0.5, 0.6) is 0 Å². The van der Waals surface area contributed by atoms with Gasteiger partial charge in [-0.1, -0.05) is 48.5 Å². The number of nitrogens with zero attached hydrogens (tertiary/aromatic N) is 4. The molecule has 0 aliphatic carbocycles. The molecule has 0 amide bonds. The number of para-hydroxylation sites is 1. The van der Waals surface area contributed by atoms with Gasteiger partial charge in [-0.25, -0.2) is 9.19 Å². The molecule has 6 nitrogen and oxygen atoms in total. The number of hydrogen-bond donors (Lipinski definition) is 1. The summed E-state index contributed by atoms with van der Waals surface area (Å²) in [6, 6.07) is 24.4. The zero-order valence-corrected chi connectivity index (χ0v) is 21.4. The van der Waals surface area contributed by atoms with E-state index in [1.54, 1.807) is 6.07 Å². The van der Waals surface area contributed by atoms with Crippen LogP contribution in [0.3, 0.4) is 0 Å². The molecule has 0 spiro atoms. The summed E-state index contributed by atoms with van der Waals surface area (Å²) in [4.78, 5) is 4.52. The molecule has 2 aromatic heterocycles. The second-order valence-electron chi connectivity index (χ2n) is 9.78. The summed E-state index contributed by atoms with van der Waals surface area (Å²) in [5.41, 5.74) is 5.38. The molecule has 1 unspecified atom stereocenters. The number of aromatic nitrogens is 3. The zero-order valence-electron chi connectivity index (χ0n) is 20.6. The fourth-order valence-corrected chi connectivity index (χ4v) is 4.99. The van der Waals surface area contributed by atoms with Gasteiger partial charge in [0.2, 0.25) is 0 Å². The smallest absolute Gasteiger partial charge is 0.140 e. The number of pyridine rings is 1. The van der Waals surface area contributed by atoms with E-state index >= 15 is 0 Å². The van der Waals surface area contributed by atoms with Gasteiger partial charge in [0.05, 0.1) is 21.2 Å². The number of nitriles is 1. The molecule has 0 saturated carbocycles. The standard InChI is InChI=1S/C28H31N5OS/c1-19(2)33-26-15-8-7-14-25(26)27(32-33)24-13-6-5-12-23(24)20(17-28(3,4)35(30)34)16-21-10-9-11-22(18-29)31-21/h5-15,19-20H,16-17,30H2,1-4H3/t20-,35?/m0/s1. The van der Waals surface area contributed by atoms with Crippen molar-refractivity contribution < 1.29 is 4.21 Å². The maximum atomic E-state index is 12.4. The van der Waals surface area contributed by atoms with E-state index in [0.717, 1.165) is 33.4 Å². The van der Waals surface area contributed by atoms with Crippen LogP contribution in [0.15, 0.2) is 66.7 Å². The highest BCUT2D eigenvalue weighted by molar-refractivity contribution is 7.84. The number of nitrogens with two attached hydrogens (primary N) is 1. The Balaban J connectivity index is 1.88. The van der Waals surface area contributed by atoms with Crippen LogP contribution in [0.25, 0.3) is 22.2 Å². The first-order chi connectivity index (χ1) is 16.7. The summed E-state index contributed by atoms with van der Waals surface area (Å²) < 4.78 is 13.9. The maximum absolute atomic E-state index is 12.4. The Labute approximate surface area is 209 Å². The van der Waals surface area contributed by atoms with Gasteiger partial charge in [-0.3, -0.25) is 9.82 Å². The third-order valence-electron chi connectivity index (χ3n) is 6.42. The highest BCUT2D eigenvalue weighted by atomic mass is 32.2. The van der Waals surface area contributed by atoms with Crippen molar-refractivity contribution in [2.75, 3.05) is 0 Å². The van der Waals surface area contributed by atoms with Crippen molar-refractivity contribution in [3.8, 4) is 17.3 Å². The van der Waals surface area contributed by atoms with E-state index in [4.69, 9.17) is 10.2 Å². The minimum absolute atomic E-state index is 0.0295. The van der Waals surface area contributed by atoms with Gasteiger partial charge in [0.15, 0.2) is 0 Å². The monoisotopic (exact) mass is 485 g/mol. The van der Waals surface area contributed by atoms with E-state index in [9.17, 15) is 9.47 Å². The van der Waals surface area contributed by atoms with Gasteiger partial charge in [0.1, 0.15) is 17.5 Å². The van der Waals surface area contributed by atoms with Crippen molar-refractivity contribution >= 4 is 21.9 Å². The molecule has 0 bridgehead atoms. The quantitative estimate of drug-likeness (QED) is 0.348. The largest absolute Gasteiger partial charge is 0.262 e. The molecule has 2 atom stereocenters. The second kappa shape index (κ2) is 10.1. The Hall–Kier alpha value is -3.34. The van der Waals surface area contributed by atoms with E-state index in [0.29, 0.717) is 18.5 Å². The molecule has 2 aromatic carbocycles. The SMILES string of the molecule is CC(C)n1nc(-c2ccccc2[C@@H](Cc2cccc(C#N)n2)CC(C)(C)S(N)=O)c2ccccc21. The van der Waals surface area contributed by atoms with Gasteiger partial charge in [0.25, 0.3) is 0 Å². The molecule has 2 N–H and O–H groups in total.